The van der Waals surface area contributed by atoms with Crippen molar-refractivity contribution in [1.82, 2.24) is 0 Å². The molecule has 1 heterocycles. The molecule has 0 radical (unpaired) electrons. The normalized spacial score (nSPS) is 25.2. The van der Waals surface area contributed by atoms with Crippen LogP contribution in [0.4, 0.5) is 5.69 Å². The van der Waals surface area contributed by atoms with E-state index in [0.29, 0.717) is 19.4 Å². The second kappa shape index (κ2) is 5.88. The number of hydrogen-bond donors (Lipinski definition) is 1. The molecule has 1 N–H and O–H groups in total. The van der Waals surface area contributed by atoms with Crippen LogP contribution in [0, 0.1) is 11.8 Å². The highest BCUT2D eigenvalue weighted by Gasteiger charge is 2.43. The molecular formula is C17H21NO3. The van der Waals surface area contributed by atoms with E-state index in [-0.39, 0.29) is 11.8 Å². The number of nitrogens with zero attached hydrogens (tertiary/aromatic N) is 1. The summed E-state index contributed by atoms with van der Waals surface area (Å²) in [5.41, 5.74) is 2.19. The summed E-state index contributed by atoms with van der Waals surface area (Å²) in [7, 11) is 0. The van der Waals surface area contributed by atoms with Crippen LogP contribution in [0.15, 0.2) is 24.3 Å². The average Bonchev–Trinajstić information content (AvgIpc) is 2.37. The molecule has 4 nitrogen and oxygen atoms in total. The highest BCUT2D eigenvalue weighted by atomic mass is 16.4. The van der Waals surface area contributed by atoms with E-state index < -0.39 is 11.9 Å². The fourth-order valence-electron chi connectivity index (χ4n) is 3.39. The third-order valence-electron chi connectivity index (χ3n) is 4.79. The van der Waals surface area contributed by atoms with Gasteiger partial charge in [0, 0.05) is 12.2 Å². The SMILES string of the molecule is O=C(O)C1CCC1C(=O)N1CCCCCc2ccccc21. The molecule has 1 fully saturated rings. The van der Waals surface area contributed by atoms with Gasteiger partial charge in [0.1, 0.15) is 0 Å². The van der Waals surface area contributed by atoms with Gasteiger partial charge in [-0.15, -0.1) is 0 Å². The minimum atomic E-state index is -0.833. The first kappa shape index (κ1) is 14.1. The Morgan fingerprint density at radius 3 is 2.52 bits per heavy atom. The number of carboxylic acids is 1. The fourth-order valence-corrected chi connectivity index (χ4v) is 3.39. The van der Waals surface area contributed by atoms with Crippen molar-refractivity contribution in [1.29, 1.82) is 0 Å². The van der Waals surface area contributed by atoms with Crippen molar-refractivity contribution in [2.45, 2.75) is 38.5 Å². The Labute approximate surface area is 124 Å². The van der Waals surface area contributed by atoms with Crippen molar-refractivity contribution >= 4 is 17.6 Å². The number of rotatable bonds is 2. The van der Waals surface area contributed by atoms with Crippen LogP contribution in [0.25, 0.3) is 0 Å². The molecule has 112 valence electrons. The summed E-state index contributed by atoms with van der Waals surface area (Å²) in [6.07, 6.45) is 5.58. The van der Waals surface area contributed by atoms with Crippen LogP contribution in [0.3, 0.4) is 0 Å². The van der Waals surface area contributed by atoms with Crippen LogP contribution in [0.1, 0.15) is 37.7 Å². The lowest BCUT2D eigenvalue weighted by Gasteiger charge is -2.37. The molecule has 21 heavy (non-hydrogen) atoms. The van der Waals surface area contributed by atoms with Gasteiger partial charge in [0.25, 0.3) is 0 Å². The molecule has 4 heteroatoms. The van der Waals surface area contributed by atoms with Crippen LogP contribution < -0.4 is 4.90 Å². The maximum absolute atomic E-state index is 12.8. The second-order valence-corrected chi connectivity index (χ2v) is 6.06. The number of carboxylic acid groups (broad SMARTS) is 1. The van der Waals surface area contributed by atoms with E-state index in [9.17, 15) is 14.7 Å². The van der Waals surface area contributed by atoms with Gasteiger partial charge in [-0.3, -0.25) is 9.59 Å². The first-order valence-corrected chi connectivity index (χ1v) is 7.80. The lowest BCUT2D eigenvalue weighted by molar-refractivity contribution is -0.152. The van der Waals surface area contributed by atoms with Gasteiger partial charge in [0.05, 0.1) is 11.8 Å². The lowest BCUT2D eigenvalue weighted by Crippen LogP contribution is -2.47. The Bertz CT molecular complexity index is 555. The average molecular weight is 287 g/mol. The number of aliphatic carboxylic acids is 1. The number of carbonyl (C=O) groups is 2. The van der Waals surface area contributed by atoms with Crippen LogP contribution in [-0.4, -0.2) is 23.5 Å². The predicted molar refractivity (Wildman–Crippen MR) is 80.2 cm³/mol. The molecule has 3 rings (SSSR count). The number of amides is 1. The molecule has 0 aromatic heterocycles. The summed E-state index contributed by atoms with van der Waals surface area (Å²) in [5.74, 6) is -1.66. The zero-order valence-corrected chi connectivity index (χ0v) is 12.1. The summed E-state index contributed by atoms with van der Waals surface area (Å²) in [6.45, 7) is 0.707. The predicted octanol–water partition coefficient (Wildman–Crippen LogP) is 2.86. The van der Waals surface area contributed by atoms with Gasteiger partial charge in [-0.2, -0.15) is 0 Å². The Balaban J connectivity index is 1.87. The molecule has 0 spiro atoms. The van der Waals surface area contributed by atoms with E-state index in [0.717, 1.165) is 31.4 Å². The van der Waals surface area contributed by atoms with Crippen molar-refractivity contribution in [2.24, 2.45) is 11.8 Å². The topological polar surface area (TPSA) is 57.6 Å². The minimum absolute atomic E-state index is 0.00278. The number of para-hydroxylation sites is 1. The molecule has 1 saturated carbocycles. The van der Waals surface area contributed by atoms with Crippen LogP contribution in [-0.2, 0) is 16.0 Å². The number of carbonyl (C=O) groups excluding carboxylic acids is 1. The molecule has 1 aromatic carbocycles. The van der Waals surface area contributed by atoms with Gasteiger partial charge in [0.15, 0.2) is 0 Å². The molecule has 2 unspecified atom stereocenters. The third-order valence-corrected chi connectivity index (χ3v) is 4.79. The van der Waals surface area contributed by atoms with Crippen molar-refractivity contribution in [3.8, 4) is 0 Å². The monoisotopic (exact) mass is 287 g/mol. The second-order valence-electron chi connectivity index (χ2n) is 6.06. The molecular weight excluding hydrogens is 266 g/mol. The quantitative estimate of drug-likeness (QED) is 0.910. The number of fused-ring (bicyclic) bond motifs is 1. The van der Waals surface area contributed by atoms with Crippen molar-refractivity contribution < 1.29 is 14.7 Å². The van der Waals surface area contributed by atoms with Gasteiger partial charge in [0.2, 0.25) is 5.91 Å². The smallest absolute Gasteiger partial charge is 0.307 e. The highest BCUT2D eigenvalue weighted by molar-refractivity contribution is 5.98. The van der Waals surface area contributed by atoms with E-state index in [1.807, 2.05) is 23.1 Å². The maximum Gasteiger partial charge on any atom is 0.307 e. The molecule has 1 aliphatic heterocycles. The number of benzene rings is 1. The van der Waals surface area contributed by atoms with Crippen LogP contribution in [0.5, 0.6) is 0 Å². The van der Waals surface area contributed by atoms with E-state index in [4.69, 9.17) is 0 Å². The van der Waals surface area contributed by atoms with Gasteiger partial charge >= 0.3 is 5.97 Å². The van der Waals surface area contributed by atoms with Gasteiger partial charge in [-0.05, 0) is 43.7 Å². The first-order valence-electron chi connectivity index (χ1n) is 7.80. The van der Waals surface area contributed by atoms with Crippen LogP contribution in [0.2, 0.25) is 0 Å². The number of anilines is 1. The van der Waals surface area contributed by atoms with Gasteiger partial charge < -0.3 is 10.0 Å². The molecule has 2 atom stereocenters. The summed E-state index contributed by atoms with van der Waals surface area (Å²) in [4.78, 5) is 25.8. The maximum atomic E-state index is 12.8. The fraction of sp³-hybridized carbons (Fsp3) is 0.529. The molecule has 1 aliphatic carbocycles. The van der Waals surface area contributed by atoms with Crippen molar-refractivity contribution in [2.75, 3.05) is 11.4 Å². The third kappa shape index (κ3) is 2.67. The minimum Gasteiger partial charge on any atom is -0.481 e. The lowest BCUT2D eigenvalue weighted by atomic mass is 9.72. The van der Waals surface area contributed by atoms with Gasteiger partial charge in [-0.25, -0.2) is 0 Å². The summed E-state index contributed by atoms with van der Waals surface area (Å²) < 4.78 is 0. The summed E-state index contributed by atoms with van der Waals surface area (Å²) in [5, 5.41) is 9.18. The van der Waals surface area contributed by atoms with Crippen molar-refractivity contribution in [3.05, 3.63) is 29.8 Å². The summed E-state index contributed by atoms with van der Waals surface area (Å²) >= 11 is 0. The molecule has 1 amide bonds. The molecule has 2 aliphatic rings. The number of aryl methyl sites for hydroxylation is 1. The standard InChI is InChI=1S/C17H21NO3/c19-16(13-9-10-14(13)17(20)21)18-11-5-1-2-6-12-7-3-4-8-15(12)18/h3-4,7-8,13-14H,1-2,5-6,9-11H2,(H,20,21). The summed E-state index contributed by atoms with van der Waals surface area (Å²) in [6, 6.07) is 8.03. The Hall–Kier alpha value is -1.84. The van der Waals surface area contributed by atoms with E-state index in [1.165, 1.54) is 5.56 Å². The zero-order chi connectivity index (χ0) is 14.8. The van der Waals surface area contributed by atoms with E-state index in [2.05, 4.69) is 6.07 Å². The van der Waals surface area contributed by atoms with Gasteiger partial charge in [-0.1, -0.05) is 24.6 Å². The Morgan fingerprint density at radius 2 is 1.81 bits per heavy atom. The van der Waals surface area contributed by atoms with Crippen LogP contribution >= 0.6 is 0 Å². The van der Waals surface area contributed by atoms with E-state index >= 15 is 0 Å². The van der Waals surface area contributed by atoms with E-state index in [1.54, 1.807) is 0 Å². The largest absolute Gasteiger partial charge is 0.481 e. The highest BCUT2D eigenvalue weighted by Crippen LogP contribution is 2.38. The van der Waals surface area contributed by atoms with Crippen molar-refractivity contribution in [3.63, 3.8) is 0 Å². The zero-order valence-electron chi connectivity index (χ0n) is 12.1. The molecule has 1 aromatic rings. The first-order chi connectivity index (χ1) is 10.2. The Morgan fingerprint density at radius 1 is 1.05 bits per heavy atom. The Kier molecular flexibility index (Phi) is 3.95. The molecule has 0 saturated heterocycles. The molecule has 0 bridgehead atoms. The number of hydrogen-bond acceptors (Lipinski definition) is 2.